The molecule has 1 atom stereocenters. The lowest BCUT2D eigenvalue weighted by molar-refractivity contribution is 0.458. The van der Waals surface area contributed by atoms with Gasteiger partial charge >= 0.3 is 0 Å². The van der Waals surface area contributed by atoms with Gasteiger partial charge in [-0.3, -0.25) is 11.3 Å². The van der Waals surface area contributed by atoms with Gasteiger partial charge in [0.15, 0.2) is 0 Å². The van der Waals surface area contributed by atoms with Crippen LogP contribution < -0.4 is 11.3 Å². The monoisotopic (exact) mass is 270 g/mol. The van der Waals surface area contributed by atoms with Gasteiger partial charge in [0.25, 0.3) is 0 Å². The van der Waals surface area contributed by atoms with Gasteiger partial charge in [0, 0.05) is 12.1 Å². The second kappa shape index (κ2) is 5.40. The molecule has 0 saturated carbocycles. The summed E-state index contributed by atoms with van der Waals surface area (Å²) in [6.07, 6.45) is 1.75. The third-order valence-corrected chi connectivity index (χ3v) is 3.39. The molecule has 0 spiro atoms. The van der Waals surface area contributed by atoms with Gasteiger partial charge in [0.05, 0.1) is 23.4 Å². The highest BCUT2D eigenvalue weighted by Gasteiger charge is 2.15. The highest BCUT2D eigenvalue weighted by molar-refractivity contribution is 5.74. The van der Waals surface area contributed by atoms with Gasteiger partial charge in [-0.2, -0.15) is 0 Å². The highest BCUT2D eigenvalue weighted by atomic mass is 19.1. The Morgan fingerprint density at radius 2 is 1.90 bits per heavy atom. The Hall–Kier alpha value is -2.24. The molecule has 0 aliphatic carbocycles. The molecule has 0 amide bonds. The zero-order valence-corrected chi connectivity index (χ0v) is 10.8. The summed E-state index contributed by atoms with van der Waals surface area (Å²) in [5, 5.41) is 0. The number of aromatic nitrogens is 2. The molecule has 20 heavy (non-hydrogen) atoms. The zero-order chi connectivity index (χ0) is 13.9. The van der Waals surface area contributed by atoms with Crippen LogP contribution in [0.3, 0.4) is 0 Å². The van der Waals surface area contributed by atoms with Crippen molar-refractivity contribution in [1.82, 2.24) is 15.0 Å². The molecule has 0 aliphatic rings. The number of hydrogen-bond donors (Lipinski definition) is 2. The summed E-state index contributed by atoms with van der Waals surface area (Å²) in [6, 6.07) is 14.1. The standard InChI is InChI=1S/C15H15FN4/c16-12-6-2-1-5-11(12)14(19-17)9-20-10-18-13-7-3-4-8-15(13)20/h1-8,10,14,19H,9,17H2. The van der Waals surface area contributed by atoms with Crippen molar-refractivity contribution in [2.45, 2.75) is 12.6 Å². The van der Waals surface area contributed by atoms with Crippen molar-refractivity contribution in [2.75, 3.05) is 0 Å². The van der Waals surface area contributed by atoms with Crippen LogP contribution in [0.4, 0.5) is 4.39 Å². The van der Waals surface area contributed by atoms with Gasteiger partial charge in [0.1, 0.15) is 5.82 Å². The normalized spacial score (nSPS) is 12.7. The van der Waals surface area contributed by atoms with E-state index in [4.69, 9.17) is 5.84 Å². The minimum absolute atomic E-state index is 0.264. The average molecular weight is 270 g/mol. The van der Waals surface area contributed by atoms with Crippen LogP contribution in [0.15, 0.2) is 54.9 Å². The molecule has 1 unspecified atom stereocenters. The van der Waals surface area contributed by atoms with Crippen molar-refractivity contribution < 1.29 is 4.39 Å². The largest absolute Gasteiger partial charge is 0.329 e. The van der Waals surface area contributed by atoms with Gasteiger partial charge in [0.2, 0.25) is 0 Å². The molecule has 3 N–H and O–H groups in total. The number of nitrogens with zero attached hydrogens (tertiary/aromatic N) is 2. The lowest BCUT2D eigenvalue weighted by Gasteiger charge is -2.18. The number of nitrogens with two attached hydrogens (primary N) is 1. The van der Waals surface area contributed by atoms with Crippen molar-refractivity contribution in [2.24, 2.45) is 5.84 Å². The van der Waals surface area contributed by atoms with Crippen molar-refractivity contribution in [3.05, 3.63) is 66.2 Å². The van der Waals surface area contributed by atoms with Crippen molar-refractivity contribution >= 4 is 11.0 Å². The van der Waals surface area contributed by atoms with E-state index < -0.39 is 0 Å². The Labute approximate surface area is 116 Å². The summed E-state index contributed by atoms with van der Waals surface area (Å²) in [7, 11) is 0. The number of benzene rings is 2. The molecule has 0 radical (unpaired) electrons. The van der Waals surface area contributed by atoms with E-state index in [1.54, 1.807) is 24.5 Å². The second-order valence-corrected chi connectivity index (χ2v) is 4.63. The van der Waals surface area contributed by atoms with Gasteiger partial charge in [-0.1, -0.05) is 30.3 Å². The fourth-order valence-corrected chi connectivity index (χ4v) is 2.35. The number of imidazole rings is 1. The maximum Gasteiger partial charge on any atom is 0.128 e. The van der Waals surface area contributed by atoms with Crippen LogP contribution in [0.25, 0.3) is 11.0 Å². The fourth-order valence-electron chi connectivity index (χ4n) is 2.35. The quantitative estimate of drug-likeness (QED) is 0.565. The first-order valence-electron chi connectivity index (χ1n) is 6.40. The number of fused-ring (bicyclic) bond motifs is 1. The summed E-state index contributed by atoms with van der Waals surface area (Å²) in [6.45, 7) is 0.512. The van der Waals surface area contributed by atoms with Crippen molar-refractivity contribution in [1.29, 1.82) is 0 Å². The number of hydrazine groups is 1. The second-order valence-electron chi connectivity index (χ2n) is 4.63. The number of rotatable bonds is 4. The molecule has 1 aromatic heterocycles. The van der Waals surface area contributed by atoms with Crippen LogP contribution in [0.5, 0.6) is 0 Å². The van der Waals surface area contributed by atoms with E-state index in [2.05, 4.69) is 10.4 Å². The Morgan fingerprint density at radius 3 is 2.70 bits per heavy atom. The summed E-state index contributed by atoms with van der Waals surface area (Å²) >= 11 is 0. The predicted molar refractivity (Wildman–Crippen MR) is 76.2 cm³/mol. The van der Waals surface area contributed by atoms with Crippen LogP contribution >= 0.6 is 0 Å². The van der Waals surface area contributed by atoms with E-state index in [1.807, 2.05) is 28.8 Å². The Morgan fingerprint density at radius 1 is 1.15 bits per heavy atom. The molecule has 102 valence electrons. The molecule has 4 nitrogen and oxygen atoms in total. The Balaban J connectivity index is 1.94. The number of nitrogens with one attached hydrogen (secondary N) is 1. The molecule has 3 aromatic rings. The fraction of sp³-hybridized carbons (Fsp3) is 0.133. The lowest BCUT2D eigenvalue weighted by atomic mass is 10.1. The molecule has 2 aromatic carbocycles. The molecular formula is C15H15FN4. The third-order valence-electron chi connectivity index (χ3n) is 3.39. The van der Waals surface area contributed by atoms with Crippen LogP contribution in [0.2, 0.25) is 0 Å². The van der Waals surface area contributed by atoms with E-state index in [1.165, 1.54) is 6.07 Å². The molecular weight excluding hydrogens is 255 g/mol. The predicted octanol–water partition coefficient (Wildman–Crippen LogP) is 2.38. The van der Waals surface area contributed by atoms with E-state index in [0.717, 1.165) is 11.0 Å². The first-order chi connectivity index (χ1) is 9.79. The third kappa shape index (κ3) is 2.29. The molecule has 5 heteroatoms. The minimum Gasteiger partial charge on any atom is -0.329 e. The van der Waals surface area contributed by atoms with Gasteiger partial charge < -0.3 is 4.57 Å². The van der Waals surface area contributed by atoms with E-state index >= 15 is 0 Å². The smallest absolute Gasteiger partial charge is 0.128 e. The Kier molecular flexibility index (Phi) is 3.45. The highest BCUT2D eigenvalue weighted by Crippen LogP contribution is 2.20. The molecule has 3 rings (SSSR count). The van der Waals surface area contributed by atoms with E-state index in [0.29, 0.717) is 12.1 Å². The molecule has 0 bridgehead atoms. The topological polar surface area (TPSA) is 55.9 Å². The first kappa shape index (κ1) is 12.8. The van der Waals surface area contributed by atoms with Crippen LogP contribution in [-0.2, 0) is 6.54 Å². The van der Waals surface area contributed by atoms with Crippen LogP contribution in [0, 0.1) is 5.82 Å². The lowest BCUT2D eigenvalue weighted by Crippen LogP contribution is -2.31. The van der Waals surface area contributed by atoms with Gasteiger partial charge in [-0.25, -0.2) is 9.37 Å². The van der Waals surface area contributed by atoms with E-state index in [-0.39, 0.29) is 11.9 Å². The number of halogens is 1. The first-order valence-corrected chi connectivity index (χ1v) is 6.40. The van der Waals surface area contributed by atoms with Gasteiger partial charge in [-0.05, 0) is 18.2 Å². The Bertz CT molecular complexity index is 722. The van der Waals surface area contributed by atoms with Crippen LogP contribution in [-0.4, -0.2) is 9.55 Å². The molecule has 0 aliphatic heterocycles. The molecule has 0 fully saturated rings. The van der Waals surface area contributed by atoms with Crippen molar-refractivity contribution in [3.63, 3.8) is 0 Å². The zero-order valence-electron chi connectivity index (χ0n) is 10.8. The summed E-state index contributed by atoms with van der Waals surface area (Å²) < 4.78 is 15.8. The van der Waals surface area contributed by atoms with Crippen molar-refractivity contribution in [3.8, 4) is 0 Å². The molecule has 0 saturated heterocycles. The summed E-state index contributed by atoms with van der Waals surface area (Å²) in [4.78, 5) is 4.32. The van der Waals surface area contributed by atoms with Crippen LogP contribution in [0.1, 0.15) is 11.6 Å². The number of hydrogen-bond acceptors (Lipinski definition) is 3. The van der Waals surface area contributed by atoms with E-state index in [9.17, 15) is 4.39 Å². The SMILES string of the molecule is NNC(Cn1cnc2ccccc21)c1ccccc1F. The molecule has 1 heterocycles. The minimum atomic E-state index is -0.311. The average Bonchev–Trinajstić information content (AvgIpc) is 2.89. The van der Waals surface area contributed by atoms with Gasteiger partial charge in [-0.15, -0.1) is 0 Å². The summed E-state index contributed by atoms with van der Waals surface area (Å²) in [5.41, 5.74) is 5.14. The number of para-hydroxylation sites is 2. The maximum atomic E-state index is 13.8. The maximum absolute atomic E-state index is 13.8. The summed E-state index contributed by atoms with van der Waals surface area (Å²) in [5.74, 6) is 5.32.